The summed E-state index contributed by atoms with van der Waals surface area (Å²) in [6.07, 6.45) is 0. The number of likely N-dealkylation sites (N-methyl/N-ethyl adjacent to an activating group) is 1. The van der Waals surface area contributed by atoms with Crippen molar-refractivity contribution < 1.29 is 4.79 Å². The number of thiazole rings is 1. The summed E-state index contributed by atoms with van der Waals surface area (Å²) in [5, 5.41) is 0.778. The Morgan fingerprint density at radius 2 is 1.55 bits per heavy atom. The Bertz CT molecular complexity index is 981. The van der Waals surface area contributed by atoms with Crippen LogP contribution < -0.4 is 4.90 Å². The van der Waals surface area contributed by atoms with E-state index in [4.69, 9.17) is 4.98 Å². The van der Waals surface area contributed by atoms with Gasteiger partial charge in [0, 0.05) is 18.7 Å². The fourth-order valence-electron chi connectivity index (χ4n) is 3.38. The van der Waals surface area contributed by atoms with Crippen LogP contribution >= 0.6 is 11.3 Å². The first kappa shape index (κ1) is 21.5. The number of anilines is 1. The second kappa shape index (κ2) is 9.06. The predicted octanol–water partition coefficient (Wildman–Crippen LogP) is 5.52. The zero-order valence-electron chi connectivity index (χ0n) is 18.4. The quantitative estimate of drug-likeness (QED) is 0.516. The van der Waals surface area contributed by atoms with E-state index in [2.05, 4.69) is 58.6 Å². The van der Waals surface area contributed by atoms with Gasteiger partial charge in [-0.15, -0.1) is 0 Å². The number of aryl methyl sites for hydroxylation is 4. The highest BCUT2D eigenvalue weighted by Crippen LogP contribution is 2.31. The topological polar surface area (TPSA) is 36.4 Å². The SMILES string of the molecule is CCN(CC)CCN(C(=O)c1ccc(C)c(C)c1)c1nc2cc(C)c(C)cc2s1. The number of amides is 1. The highest BCUT2D eigenvalue weighted by Gasteiger charge is 2.22. The van der Waals surface area contributed by atoms with Crippen LogP contribution in [0.2, 0.25) is 0 Å². The molecule has 0 radical (unpaired) electrons. The molecule has 0 saturated carbocycles. The summed E-state index contributed by atoms with van der Waals surface area (Å²) in [5.41, 5.74) is 6.50. The molecule has 0 N–H and O–H groups in total. The van der Waals surface area contributed by atoms with Gasteiger partial charge in [-0.05, 0) is 87.3 Å². The fraction of sp³-hybridized carbons (Fsp3) is 0.417. The van der Waals surface area contributed by atoms with Crippen LogP contribution in [0.25, 0.3) is 10.2 Å². The molecule has 0 aliphatic heterocycles. The van der Waals surface area contributed by atoms with Crippen molar-refractivity contribution in [3.8, 4) is 0 Å². The van der Waals surface area contributed by atoms with Gasteiger partial charge in [0.25, 0.3) is 5.91 Å². The minimum atomic E-state index is 0.0211. The second-order valence-electron chi connectivity index (χ2n) is 7.68. The number of hydrogen-bond acceptors (Lipinski definition) is 4. The molecule has 0 bridgehead atoms. The largest absolute Gasteiger partial charge is 0.302 e. The summed E-state index contributed by atoms with van der Waals surface area (Å²) in [4.78, 5) is 22.5. The van der Waals surface area contributed by atoms with E-state index in [0.717, 1.165) is 46.1 Å². The van der Waals surface area contributed by atoms with Gasteiger partial charge in [-0.3, -0.25) is 9.69 Å². The van der Waals surface area contributed by atoms with Gasteiger partial charge >= 0.3 is 0 Å². The van der Waals surface area contributed by atoms with Gasteiger partial charge in [0.1, 0.15) is 0 Å². The molecule has 1 heterocycles. The van der Waals surface area contributed by atoms with Crippen LogP contribution in [-0.4, -0.2) is 42.0 Å². The number of carbonyl (C=O) groups excluding carboxylic acids is 1. The lowest BCUT2D eigenvalue weighted by atomic mass is 10.1. The lowest BCUT2D eigenvalue weighted by Gasteiger charge is -2.25. The van der Waals surface area contributed by atoms with E-state index in [1.165, 1.54) is 16.7 Å². The molecular formula is C24H31N3OS. The van der Waals surface area contributed by atoms with Crippen LogP contribution in [0.1, 0.15) is 46.5 Å². The first-order valence-corrected chi connectivity index (χ1v) is 11.1. The molecule has 29 heavy (non-hydrogen) atoms. The number of nitrogens with zero attached hydrogens (tertiary/aromatic N) is 3. The second-order valence-corrected chi connectivity index (χ2v) is 8.69. The van der Waals surface area contributed by atoms with Gasteiger partial charge < -0.3 is 4.90 Å². The maximum Gasteiger partial charge on any atom is 0.260 e. The van der Waals surface area contributed by atoms with Gasteiger partial charge in [0.2, 0.25) is 0 Å². The van der Waals surface area contributed by atoms with Crippen molar-refractivity contribution in [1.82, 2.24) is 9.88 Å². The van der Waals surface area contributed by atoms with Crippen molar-refractivity contribution >= 4 is 32.6 Å². The molecule has 0 saturated heterocycles. The van der Waals surface area contributed by atoms with Gasteiger partial charge in [0.15, 0.2) is 5.13 Å². The van der Waals surface area contributed by atoms with Gasteiger partial charge in [-0.2, -0.15) is 0 Å². The van der Waals surface area contributed by atoms with Crippen LogP contribution in [0.5, 0.6) is 0 Å². The van der Waals surface area contributed by atoms with Crippen LogP contribution in [0, 0.1) is 27.7 Å². The van der Waals surface area contributed by atoms with Crippen LogP contribution in [0.4, 0.5) is 5.13 Å². The Morgan fingerprint density at radius 1 is 0.897 bits per heavy atom. The molecule has 0 unspecified atom stereocenters. The molecule has 0 spiro atoms. The number of aromatic nitrogens is 1. The third-order valence-electron chi connectivity index (χ3n) is 5.76. The van der Waals surface area contributed by atoms with Crippen LogP contribution in [0.15, 0.2) is 30.3 Å². The molecule has 3 aromatic rings. The summed E-state index contributed by atoms with van der Waals surface area (Å²) in [5.74, 6) is 0.0211. The van der Waals surface area contributed by atoms with E-state index >= 15 is 0 Å². The van der Waals surface area contributed by atoms with E-state index in [-0.39, 0.29) is 5.91 Å². The van der Waals surface area contributed by atoms with E-state index in [0.29, 0.717) is 6.54 Å². The minimum Gasteiger partial charge on any atom is -0.302 e. The Balaban J connectivity index is 2.00. The Kier molecular flexibility index (Phi) is 6.70. The standard InChI is InChI=1S/C24H31N3OS/c1-7-26(8-2)11-12-27(23(28)20-10-9-16(3)17(4)13-20)24-25-21-14-18(5)19(6)15-22(21)29-24/h9-10,13-15H,7-8,11-12H2,1-6H3. The predicted molar refractivity (Wildman–Crippen MR) is 124 cm³/mol. The van der Waals surface area contributed by atoms with E-state index < -0.39 is 0 Å². The Labute approximate surface area is 178 Å². The molecule has 1 amide bonds. The smallest absolute Gasteiger partial charge is 0.260 e. The lowest BCUT2D eigenvalue weighted by Crippen LogP contribution is -2.38. The van der Waals surface area contributed by atoms with E-state index in [1.807, 2.05) is 23.1 Å². The third kappa shape index (κ3) is 4.68. The first-order valence-electron chi connectivity index (χ1n) is 10.3. The van der Waals surface area contributed by atoms with Crippen molar-refractivity contribution in [2.75, 3.05) is 31.1 Å². The molecule has 0 aliphatic carbocycles. The van der Waals surface area contributed by atoms with Crippen LogP contribution in [-0.2, 0) is 0 Å². The highest BCUT2D eigenvalue weighted by molar-refractivity contribution is 7.22. The summed E-state index contributed by atoms with van der Waals surface area (Å²) >= 11 is 1.60. The highest BCUT2D eigenvalue weighted by atomic mass is 32.1. The molecule has 2 aromatic carbocycles. The summed E-state index contributed by atoms with van der Waals surface area (Å²) in [6.45, 7) is 16.1. The molecule has 0 atom stereocenters. The third-order valence-corrected chi connectivity index (χ3v) is 6.80. The molecule has 154 valence electrons. The molecule has 3 rings (SSSR count). The molecule has 5 heteroatoms. The average Bonchev–Trinajstić information content (AvgIpc) is 3.09. The number of benzene rings is 2. The zero-order valence-corrected chi connectivity index (χ0v) is 19.2. The Morgan fingerprint density at radius 3 is 2.21 bits per heavy atom. The molecular weight excluding hydrogens is 378 g/mol. The van der Waals surface area contributed by atoms with Gasteiger partial charge in [-0.1, -0.05) is 31.3 Å². The number of fused-ring (bicyclic) bond motifs is 1. The van der Waals surface area contributed by atoms with Crippen molar-refractivity contribution in [2.45, 2.75) is 41.5 Å². The first-order chi connectivity index (χ1) is 13.8. The molecule has 4 nitrogen and oxygen atoms in total. The number of rotatable bonds is 7. The summed E-state index contributed by atoms with van der Waals surface area (Å²) in [7, 11) is 0. The van der Waals surface area contributed by atoms with Crippen molar-refractivity contribution in [1.29, 1.82) is 0 Å². The minimum absolute atomic E-state index is 0.0211. The molecule has 0 fully saturated rings. The normalized spacial score (nSPS) is 11.4. The van der Waals surface area contributed by atoms with Crippen LogP contribution in [0.3, 0.4) is 0 Å². The van der Waals surface area contributed by atoms with Crippen molar-refractivity contribution in [3.63, 3.8) is 0 Å². The summed E-state index contributed by atoms with van der Waals surface area (Å²) < 4.78 is 1.13. The molecule has 1 aromatic heterocycles. The zero-order chi connectivity index (χ0) is 21.1. The van der Waals surface area contributed by atoms with Crippen molar-refractivity contribution in [2.24, 2.45) is 0 Å². The van der Waals surface area contributed by atoms with Gasteiger partial charge in [-0.25, -0.2) is 4.98 Å². The molecule has 0 aliphatic rings. The maximum atomic E-state index is 13.5. The monoisotopic (exact) mass is 409 g/mol. The van der Waals surface area contributed by atoms with Crippen molar-refractivity contribution in [3.05, 3.63) is 58.1 Å². The van der Waals surface area contributed by atoms with E-state index in [1.54, 1.807) is 11.3 Å². The lowest BCUT2D eigenvalue weighted by molar-refractivity contribution is 0.0983. The summed E-state index contributed by atoms with van der Waals surface area (Å²) in [6, 6.07) is 10.2. The fourth-order valence-corrected chi connectivity index (χ4v) is 4.45. The van der Waals surface area contributed by atoms with Gasteiger partial charge in [0.05, 0.1) is 10.2 Å². The van der Waals surface area contributed by atoms with E-state index in [9.17, 15) is 4.79 Å². The average molecular weight is 410 g/mol. The maximum absolute atomic E-state index is 13.5. The number of carbonyl (C=O) groups is 1. The Hall–Kier alpha value is -2.24. The number of hydrogen-bond donors (Lipinski definition) is 0.